The maximum atomic E-state index is 12.8. The molecule has 140 valence electrons. The van der Waals surface area contributed by atoms with Crippen LogP contribution in [0.5, 0.6) is 5.75 Å². The highest BCUT2D eigenvalue weighted by molar-refractivity contribution is 5.94. The van der Waals surface area contributed by atoms with Crippen LogP contribution in [0.3, 0.4) is 0 Å². The fraction of sp³-hybridized carbons (Fsp3) is 0.227. The Balaban J connectivity index is 1.55. The summed E-state index contributed by atoms with van der Waals surface area (Å²) in [7, 11) is 0. The van der Waals surface area contributed by atoms with Gasteiger partial charge in [-0.25, -0.2) is 4.68 Å². The molecular weight excluding hydrogens is 352 g/mol. The number of amides is 1. The van der Waals surface area contributed by atoms with Crippen molar-refractivity contribution in [2.24, 2.45) is 0 Å². The van der Waals surface area contributed by atoms with Gasteiger partial charge in [-0.1, -0.05) is 18.2 Å². The number of para-hydroxylation sites is 1. The molecule has 0 bridgehead atoms. The van der Waals surface area contributed by atoms with Gasteiger partial charge in [0.05, 0.1) is 23.0 Å². The number of hydrogen-bond acceptors (Lipinski definition) is 4. The van der Waals surface area contributed by atoms with Crippen LogP contribution in [0.4, 0.5) is 5.82 Å². The van der Waals surface area contributed by atoms with Gasteiger partial charge in [0.2, 0.25) is 0 Å². The SMILES string of the molecule is CC(Oc1ccc(C#N)cc1)C(=O)Nc1c2c(nn1-c1ccccc1)CCC2. The van der Waals surface area contributed by atoms with Gasteiger partial charge < -0.3 is 10.1 Å². The lowest BCUT2D eigenvalue weighted by Crippen LogP contribution is -2.31. The summed E-state index contributed by atoms with van der Waals surface area (Å²) in [4.78, 5) is 12.8. The van der Waals surface area contributed by atoms with Crippen LogP contribution in [0.25, 0.3) is 5.69 Å². The minimum Gasteiger partial charge on any atom is -0.481 e. The number of fused-ring (bicyclic) bond motifs is 1. The fourth-order valence-corrected chi connectivity index (χ4v) is 3.36. The number of nitrogens with zero attached hydrogens (tertiary/aromatic N) is 3. The van der Waals surface area contributed by atoms with Crippen molar-refractivity contribution in [3.8, 4) is 17.5 Å². The van der Waals surface area contributed by atoms with Crippen molar-refractivity contribution in [2.75, 3.05) is 5.32 Å². The Kier molecular flexibility index (Phi) is 4.81. The molecule has 0 aliphatic heterocycles. The molecule has 1 aliphatic rings. The third-order valence-electron chi connectivity index (χ3n) is 4.81. The average Bonchev–Trinajstić information content (AvgIpc) is 3.32. The molecule has 0 saturated carbocycles. The smallest absolute Gasteiger partial charge is 0.266 e. The van der Waals surface area contributed by atoms with Crippen molar-refractivity contribution in [3.63, 3.8) is 0 Å². The van der Waals surface area contributed by atoms with E-state index in [9.17, 15) is 4.79 Å². The molecule has 1 aliphatic carbocycles. The lowest BCUT2D eigenvalue weighted by molar-refractivity contribution is -0.122. The lowest BCUT2D eigenvalue weighted by atomic mass is 10.2. The summed E-state index contributed by atoms with van der Waals surface area (Å²) in [6.07, 6.45) is 2.19. The Labute approximate surface area is 163 Å². The van der Waals surface area contributed by atoms with Crippen LogP contribution in [0.2, 0.25) is 0 Å². The molecule has 1 N–H and O–H groups in total. The summed E-state index contributed by atoms with van der Waals surface area (Å²) in [6, 6.07) is 18.5. The topological polar surface area (TPSA) is 79.9 Å². The number of aromatic nitrogens is 2. The molecule has 1 heterocycles. The summed E-state index contributed by atoms with van der Waals surface area (Å²) >= 11 is 0. The van der Waals surface area contributed by atoms with E-state index in [1.54, 1.807) is 35.9 Å². The number of hydrogen-bond donors (Lipinski definition) is 1. The van der Waals surface area contributed by atoms with E-state index in [4.69, 9.17) is 15.1 Å². The van der Waals surface area contributed by atoms with Crippen LogP contribution < -0.4 is 10.1 Å². The van der Waals surface area contributed by atoms with Crippen LogP contribution in [0, 0.1) is 11.3 Å². The summed E-state index contributed by atoms with van der Waals surface area (Å²) in [6.45, 7) is 1.71. The van der Waals surface area contributed by atoms with Crippen LogP contribution in [0.15, 0.2) is 54.6 Å². The Bertz CT molecular complexity index is 1030. The molecule has 0 fully saturated rings. The number of nitrogens with one attached hydrogen (secondary N) is 1. The maximum absolute atomic E-state index is 12.8. The van der Waals surface area contributed by atoms with E-state index in [0.717, 1.165) is 42.0 Å². The molecule has 28 heavy (non-hydrogen) atoms. The maximum Gasteiger partial charge on any atom is 0.266 e. The number of ether oxygens (including phenoxy) is 1. The first kappa shape index (κ1) is 17.8. The van der Waals surface area contributed by atoms with Gasteiger partial charge in [-0.15, -0.1) is 0 Å². The number of carbonyl (C=O) groups is 1. The van der Waals surface area contributed by atoms with Crippen LogP contribution in [-0.2, 0) is 17.6 Å². The van der Waals surface area contributed by atoms with Crippen LogP contribution in [-0.4, -0.2) is 21.8 Å². The molecule has 1 amide bonds. The molecule has 1 aromatic heterocycles. The summed E-state index contributed by atoms with van der Waals surface area (Å²) < 4.78 is 7.54. The summed E-state index contributed by atoms with van der Waals surface area (Å²) in [5, 5.41) is 16.6. The summed E-state index contributed by atoms with van der Waals surface area (Å²) in [5.41, 5.74) is 3.60. The quantitative estimate of drug-likeness (QED) is 0.741. The van der Waals surface area contributed by atoms with E-state index in [-0.39, 0.29) is 5.91 Å². The molecule has 0 spiro atoms. The third kappa shape index (κ3) is 3.47. The molecule has 6 nitrogen and oxygen atoms in total. The van der Waals surface area contributed by atoms with Gasteiger partial charge in [0.15, 0.2) is 6.10 Å². The van der Waals surface area contributed by atoms with Gasteiger partial charge in [-0.2, -0.15) is 10.4 Å². The molecular formula is C22H20N4O2. The van der Waals surface area contributed by atoms with Crippen LogP contribution in [0.1, 0.15) is 30.2 Å². The van der Waals surface area contributed by atoms with Gasteiger partial charge in [-0.3, -0.25) is 4.79 Å². The van der Waals surface area contributed by atoms with Crippen LogP contribution >= 0.6 is 0 Å². The average molecular weight is 372 g/mol. The Morgan fingerprint density at radius 2 is 1.93 bits per heavy atom. The first-order valence-electron chi connectivity index (χ1n) is 9.29. The Hall–Kier alpha value is -3.59. The monoisotopic (exact) mass is 372 g/mol. The largest absolute Gasteiger partial charge is 0.481 e. The number of benzene rings is 2. The molecule has 6 heteroatoms. The second-order valence-corrected chi connectivity index (χ2v) is 6.76. The van der Waals surface area contributed by atoms with Crippen molar-refractivity contribution in [1.29, 1.82) is 5.26 Å². The third-order valence-corrected chi connectivity index (χ3v) is 4.81. The molecule has 1 unspecified atom stereocenters. The number of carbonyl (C=O) groups excluding carboxylic acids is 1. The van der Waals surface area contributed by atoms with Crippen molar-refractivity contribution in [2.45, 2.75) is 32.3 Å². The van der Waals surface area contributed by atoms with Gasteiger partial charge in [0.25, 0.3) is 5.91 Å². The number of nitriles is 1. The van der Waals surface area contributed by atoms with Crippen molar-refractivity contribution in [3.05, 3.63) is 71.4 Å². The zero-order chi connectivity index (χ0) is 19.5. The molecule has 2 aromatic carbocycles. The zero-order valence-electron chi connectivity index (χ0n) is 15.6. The second kappa shape index (κ2) is 7.57. The lowest BCUT2D eigenvalue weighted by Gasteiger charge is -2.16. The molecule has 0 radical (unpaired) electrons. The van der Waals surface area contributed by atoms with E-state index in [1.807, 2.05) is 30.3 Å². The number of aryl methyl sites for hydroxylation is 1. The predicted octanol–water partition coefficient (Wildman–Crippen LogP) is 3.64. The highest BCUT2D eigenvalue weighted by atomic mass is 16.5. The Morgan fingerprint density at radius 3 is 2.64 bits per heavy atom. The van der Waals surface area contributed by atoms with Gasteiger partial charge in [0, 0.05) is 5.56 Å². The van der Waals surface area contributed by atoms with Gasteiger partial charge >= 0.3 is 0 Å². The van der Waals surface area contributed by atoms with E-state index >= 15 is 0 Å². The highest BCUT2D eigenvalue weighted by Crippen LogP contribution is 2.31. The Morgan fingerprint density at radius 1 is 1.18 bits per heavy atom. The van der Waals surface area contributed by atoms with E-state index in [1.165, 1.54) is 0 Å². The van der Waals surface area contributed by atoms with E-state index in [0.29, 0.717) is 11.3 Å². The minimum atomic E-state index is -0.691. The predicted molar refractivity (Wildman–Crippen MR) is 105 cm³/mol. The van der Waals surface area contributed by atoms with Gasteiger partial charge in [0.1, 0.15) is 11.6 Å². The fourth-order valence-electron chi connectivity index (χ4n) is 3.36. The van der Waals surface area contributed by atoms with Crippen molar-refractivity contribution < 1.29 is 9.53 Å². The van der Waals surface area contributed by atoms with Crippen molar-refractivity contribution in [1.82, 2.24) is 9.78 Å². The highest BCUT2D eigenvalue weighted by Gasteiger charge is 2.26. The molecule has 4 rings (SSSR count). The number of anilines is 1. The van der Waals surface area contributed by atoms with E-state index in [2.05, 4.69) is 11.4 Å². The number of rotatable bonds is 5. The first-order chi connectivity index (χ1) is 13.7. The first-order valence-corrected chi connectivity index (χ1v) is 9.29. The van der Waals surface area contributed by atoms with E-state index < -0.39 is 6.10 Å². The summed E-state index contributed by atoms with van der Waals surface area (Å²) in [5.74, 6) is 1.03. The van der Waals surface area contributed by atoms with Gasteiger partial charge in [-0.05, 0) is 62.6 Å². The molecule has 1 atom stereocenters. The minimum absolute atomic E-state index is 0.240. The normalized spacial score (nSPS) is 13.4. The van der Waals surface area contributed by atoms with Crippen molar-refractivity contribution >= 4 is 11.7 Å². The molecule has 0 saturated heterocycles. The standard InChI is InChI=1S/C22H20N4O2/c1-15(28-18-12-10-16(14-23)11-13-18)22(27)24-21-19-8-5-9-20(19)25-26(21)17-6-3-2-4-7-17/h2-4,6-7,10-13,15H,5,8-9H2,1H3,(H,24,27). The zero-order valence-corrected chi connectivity index (χ0v) is 15.6. The molecule has 3 aromatic rings. The second-order valence-electron chi connectivity index (χ2n) is 6.76.